The van der Waals surface area contributed by atoms with Crippen LogP contribution in [0.4, 0.5) is 5.13 Å². The van der Waals surface area contributed by atoms with Crippen LogP contribution in [-0.4, -0.2) is 54.7 Å². The molecule has 33 heavy (non-hydrogen) atoms. The third kappa shape index (κ3) is 4.30. The van der Waals surface area contributed by atoms with Crippen LogP contribution in [0.1, 0.15) is 40.5 Å². The topological polar surface area (TPSA) is 103 Å². The van der Waals surface area contributed by atoms with Crippen LogP contribution in [-0.2, 0) is 0 Å². The van der Waals surface area contributed by atoms with Gasteiger partial charge in [-0.05, 0) is 64.3 Å². The molecule has 8 nitrogen and oxygen atoms in total. The first-order chi connectivity index (χ1) is 15.6. The molecular formula is C24H29N7OS. The van der Waals surface area contributed by atoms with Crippen molar-refractivity contribution in [3.63, 3.8) is 0 Å². The molecular weight excluding hydrogens is 434 g/mol. The van der Waals surface area contributed by atoms with Crippen molar-refractivity contribution in [2.75, 3.05) is 11.9 Å². The summed E-state index contributed by atoms with van der Waals surface area (Å²) < 4.78 is 0.951. The summed E-state index contributed by atoms with van der Waals surface area (Å²) in [7, 11) is 2.12. The Kier molecular flexibility index (Phi) is 5.13. The number of piperidine rings is 1. The van der Waals surface area contributed by atoms with E-state index in [1.165, 1.54) is 0 Å². The lowest BCUT2D eigenvalue weighted by Crippen LogP contribution is -2.61. The quantitative estimate of drug-likeness (QED) is 0.407. The first-order valence-corrected chi connectivity index (χ1v) is 11.9. The number of fused-ring (bicyclic) bond motifs is 1. The van der Waals surface area contributed by atoms with E-state index in [2.05, 4.69) is 65.4 Å². The van der Waals surface area contributed by atoms with Crippen molar-refractivity contribution in [2.45, 2.75) is 57.7 Å². The highest BCUT2D eigenvalue weighted by Crippen LogP contribution is 2.37. The third-order valence-corrected chi connectivity index (χ3v) is 7.35. The van der Waals surface area contributed by atoms with Gasteiger partial charge in [0.1, 0.15) is 5.75 Å². The van der Waals surface area contributed by atoms with Crippen molar-refractivity contribution in [3.8, 4) is 28.1 Å². The Balaban J connectivity index is 1.44. The molecule has 0 bridgehead atoms. The molecule has 1 aliphatic heterocycles. The normalized spacial score (nSPS) is 18.0. The van der Waals surface area contributed by atoms with Crippen LogP contribution < -0.4 is 10.2 Å². The molecule has 0 spiro atoms. The highest BCUT2D eigenvalue weighted by atomic mass is 32.1. The van der Waals surface area contributed by atoms with E-state index in [9.17, 15) is 5.11 Å². The molecule has 4 aromatic rings. The molecule has 0 amide bonds. The largest absolute Gasteiger partial charge is 0.507 e. The second kappa shape index (κ2) is 7.78. The van der Waals surface area contributed by atoms with Crippen molar-refractivity contribution in [1.82, 2.24) is 30.7 Å². The number of aromatic hydroxyl groups is 1. The first kappa shape index (κ1) is 21.8. The number of aromatic nitrogens is 5. The van der Waals surface area contributed by atoms with Crippen LogP contribution >= 0.6 is 11.3 Å². The molecule has 0 radical (unpaired) electrons. The van der Waals surface area contributed by atoms with Gasteiger partial charge in [-0.1, -0.05) is 17.4 Å². The zero-order chi connectivity index (χ0) is 23.4. The summed E-state index contributed by atoms with van der Waals surface area (Å²) >= 11 is 1.61. The van der Waals surface area contributed by atoms with Crippen molar-refractivity contribution < 1.29 is 5.11 Å². The van der Waals surface area contributed by atoms with Gasteiger partial charge in [0, 0.05) is 41.5 Å². The third-order valence-electron chi connectivity index (χ3n) is 6.27. The van der Waals surface area contributed by atoms with Gasteiger partial charge in [0.25, 0.3) is 0 Å². The number of phenols is 1. The smallest absolute Gasteiger partial charge is 0.194 e. The predicted octanol–water partition coefficient (Wildman–Crippen LogP) is 4.59. The number of rotatable bonds is 4. The van der Waals surface area contributed by atoms with Crippen molar-refractivity contribution in [3.05, 3.63) is 36.7 Å². The number of anilines is 1. The van der Waals surface area contributed by atoms with Gasteiger partial charge in [-0.2, -0.15) is 10.1 Å². The number of hydrogen-bond donors (Lipinski definition) is 3. The van der Waals surface area contributed by atoms with Gasteiger partial charge in [-0.25, -0.2) is 0 Å². The lowest BCUT2D eigenvalue weighted by molar-refractivity contribution is 0.161. The number of hydrogen-bond acceptors (Lipinski definition) is 8. The number of aromatic amines is 1. The van der Waals surface area contributed by atoms with Gasteiger partial charge in [0.05, 0.1) is 16.6 Å². The highest BCUT2D eigenvalue weighted by Gasteiger charge is 2.39. The Hall–Kier alpha value is -3.04. The summed E-state index contributed by atoms with van der Waals surface area (Å²) in [5, 5.41) is 30.8. The second-order valence-electron chi connectivity index (χ2n) is 10.2. The maximum atomic E-state index is 10.7. The second-order valence-corrected chi connectivity index (χ2v) is 11.2. The molecule has 1 fully saturated rings. The molecule has 3 N–H and O–H groups in total. The van der Waals surface area contributed by atoms with Crippen LogP contribution in [0.15, 0.2) is 36.7 Å². The monoisotopic (exact) mass is 463 g/mol. The molecule has 4 heterocycles. The standard InChI is InChI=1S/C24H29N7OS/c1-23(2)10-16(11-24(3,4)30-23)31(5)22-27-21-20(33-22)9-18(28-29-21)17-7-6-14(8-19(17)32)15-12-25-26-13-15/h6-9,12-13,16,30,32H,10-11H2,1-5H3,(H,25,26). The van der Waals surface area contributed by atoms with Gasteiger partial charge in [0.15, 0.2) is 10.8 Å². The first-order valence-electron chi connectivity index (χ1n) is 11.1. The Bertz CT molecular complexity index is 1280. The minimum absolute atomic E-state index is 0.0600. The predicted molar refractivity (Wildman–Crippen MR) is 133 cm³/mol. The maximum absolute atomic E-state index is 10.7. The van der Waals surface area contributed by atoms with Crippen molar-refractivity contribution in [2.24, 2.45) is 0 Å². The number of benzene rings is 1. The molecule has 1 aromatic carbocycles. The highest BCUT2D eigenvalue weighted by molar-refractivity contribution is 7.22. The molecule has 172 valence electrons. The van der Waals surface area contributed by atoms with E-state index in [4.69, 9.17) is 4.98 Å². The zero-order valence-electron chi connectivity index (χ0n) is 19.5. The molecule has 3 aromatic heterocycles. The zero-order valence-corrected chi connectivity index (χ0v) is 20.4. The fourth-order valence-electron chi connectivity index (χ4n) is 5.05. The Morgan fingerprint density at radius 2 is 1.82 bits per heavy atom. The van der Waals surface area contributed by atoms with E-state index in [0.29, 0.717) is 22.9 Å². The van der Waals surface area contributed by atoms with E-state index < -0.39 is 0 Å². The molecule has 9 heteroatoms. The minimum Gasteiger partial charge on any atom is -0.507 e. The van der Waals surface area contributed by atoms with Gasteiger partial charge in [-0.3, -0.25) is 5.10 Å². The SMILES string of the molecule is CN(c1nc2nnc(-c3ccc(-c4cn[nH]c4)cc3O)cc2s1)C1CC(C)(C)NC(C)(C)C1. The van der Waals surface area contributed by atoms with E-state index in [1.54, 1.807) is 29.8 Å². The van der Waals surface area contributed by atoms with E-state index >= 15 is 0 Å². The van der Waals surface area contributed by atoms with Gasteiger partial charge >= 0.3 is 0 Å². The fourth-order valence-corrected chi connectivity index (χ4v) is 6.02. The van der Waals surface area contributed by atoms with Crippen LogP contribution in [0.25, 0.3) is 32.7 Å². The van der Waals surface area contributed by atoms with Crippen LogP contribution in [0.3, 0.4) is 0 Å². The summed E-state index contributed by atoms with van der Waals surface area (Å²) in [5.41, 5.74) is 3.82. The molecule has 0 atom stereocenters. The lowest BCUT2D eigenvalue weighted by Gasteiger charge is -2.48. The summed E-state index contributed by atoms with van der Waals surface area (Å²) in [6.45, 7) is 9.04. The van der Waals surface area contributed by atoms with Gasteiger partial charge < -0.3 is 15.3 Å². The van der Waals surface area contributed by atoms with Crippen molar-refractivity contribution in [1.29, 1.82) is 0 Å². The number of phenolic OH excluding ortho intramolecular Hbond substituents is 1. The van der Waals surface area contributed by atoms with Gasteiger partial charge in [-0.15, -0.1) is 10.2 Å². The Morgan fingerprint density at radius 1 is 1.06 bits per heavy atom. The van der Waals surface area contributed by atoms with Crippen LogP contribution in [0.2, 0.25) is 0 Å². The Morgan fingerprint density at radius 3 is 2.48 bits per heavy atom. The summed E-state index contributed by atoms with van der Waals surface area (Å²) in [6, 6.07) is 7.86. The number of H-pyrrole nitrogens is 1. The number of nitrogens with zero attached hydrogens (tertiary/aromatic N) is 5. The van der Waals surface area contributed by atoms with Gasteiger partial charge in [0.2, 0.25) is 0 Å². The molecule has 5 rings (SSSR count). The average molecular weight is 464 g/mol. The van der Waals surface area contributed by atoms with Crippen molar-refractivity contribution >= 4 is 26.8 Å². The Labute approximate surface area is 197 Å². The molecule has 0 unspecified atom stereocenters. The fraction of sp³-hybridized carbons (Fsp3) is 0.417. The van der Waals surface area contributed by atoms with E-state index in [-0.39, 0.29) is 16.8 Å². The number of thiazole rings is 1. The number of nitrogens with one attached hydrogen (secondary N) is 2. The van der Waals surface area contributed by atoms with E-state index in [0.717, 1.165) is 33.8 Å². The summed E-state index contributed by atoms with van der Waals surface area (Å²) in [4.78, 5) is 7.05. The summed E-state index contributed by atoms with van der Waals surface area (Å²) in [5.74, 6) is 0.156. The molecule has 1 aliphatic rings. The van der Waals surface area contributed by atoms with Crippen LogP contribution in [0, 0.1) is 0 Å². The van der Waals surface area contributed by atoms with E-state index in [1.807, 2.05) is 18.2 Å². The molecule has 0 saturated carbocycles. The average Bonchev–Trinajstić information content (AvgIpc) is 3.40. The molecule has 1 saturated heterocycles. The molecule has 0 aliphatic carbocycles. The lowest BCUT2D eigenvalue weighted by atomic mass is 9.79. The minimum atomic E-state index is 0.0600. The maximum Gasteiger partial charge on any atom is 0.194 e. The summed E-state index contributed by atoms with van der Waals surface area (Å²) in [6.07, 6.45) is 5.59. The van der Waals surface area contributed by atoms with Crippen LogP contribution in [0.5, 0.6) is 5.75 Å².